The van der Waals surface area contributed by atoms with Crippen LogP contribution in [0.5, 0.6) is 0 Å². The van der Waals surface area contributed by atoms with Crippen LogP contribution in [0.4, 0.5) is 10.2 Å². The van der Waals surface area contributed by atoms with Crippen molar-refractivity contribution in [2.75, 3.05) is 32.0 Å². The smallest absolute Gasteiger partial charge is 0.181 e. The van der Waals surface area contributed by atoms with Gasteiger partial charge >= 0.3 is 0 Å². The van der Waals surface area contributed by atoms with Gasteiger partial charge in [0.15, 0.2) is 4.90 Å². The van der Waals surface area contributed by atoms with Gasteiger partial charge in [-0.25, -0.2) is 9.37 Å². The van der Waals surface area contributed by atoms with Gasteiger partial charge in [-0.15, -0.1) is 4.31 Å². The Labute approximate surface area is 176 Å². The Morgan fingerprint density at radius 2 is 2.03 bits per heavy atom. The second kappa shape index (κ2) is 9.07. The molecule has 1 aromatic heterocycles. The largest absolute Gasteiger partial charge is 0.593 e. The van der Waals surface area contributed by atoms with E-state index >= 15 is 0 Å². The van der Waals surface area contributed by atoms with Crippen molar-refractivity contribution in [2.24, 2.45) is 0 Å². The fourth-order valence-electron chi connectivity index (χ4n) is 3.32. The molecule has 2 unspecified atom stereocenters. The zero-order valence-corrected chi connectivity index (χ0v) is 16.9. The van der Waals surface area contributed by atoms with Crippen LogP contribution < -0.4 is 5.73 Å². The van der Waals surface area contributed by atoms with Crippen LogP contribution in [0.15, 0.2) is 59.8 Å². The fraction of sp³-hybridized carbons (Fsp3) is 0.238. The van der Waals surface area contributed by atoms with Gasteiger partial charge in [-0.1, -0.05) is 18.2 Å². The van der Waals surface area contributed by atoms with Gasteiger partial charge in [0.05, 0.1) is 61.9 Å². The number of nitrogen functional groups attached to an aromatic ring is 1. The van der Waals surface area contributed by atoms with Crippen molar-refractivity contribution in [2.45, 2.75) is 11.0 Å². The molecule has 9 heteroatoms. The molecule has 0 aliphatic carbocycles. The van der Waals surface area contributed by atoms with E-state index in [2.05, 4.69) is 9.97 Å². The number of nitrogens with zero attached hydrogens (tertiary/aromatic N) is 3. The third-order valence-corrected chi connectivity index (χ3v) is 6.38. The van der Waals surface area contributed by atoms with Crippen molar-refractivity contribution < 1.29 is 18.8 Å². The molecule has 30 heavy (non-hydrogen) atoms. The third-order valence-electron chi connectivity index (χ3n) is 4.84. The number of aromatic nitrogens is 2. The third kappa shape index (κ3) is 4.30. The summed E-state index contributed by atoms with van der Waals surface area (Å²) < 4.78 is 35.3. The molecule has 0 bridgehead atoms. The Kier molecular flexibility index (Phi) is 6.26. The van der Waals surface area contributed by atoms with E-state index in [1.165, 1.54) is 18.5 Å². The van der Waals surface area contributed by atoms with E-state index in [1.54, 1.807) is 28.6 Å². The second-order valence-electron chi connectivity index (χ2n) is 6.83. The molecule has 0 spiro atoms. The average Bonchev–Trinajstić information content (AvgIpc) is 2.79. The highest BCUT2D eigenvalue weighted by molar-refractivity contribution is 7.89. The summed E-state index contributed by atoms with van der Waals surface area (Å²) in [5.74, 6) is -0.197. The first-order valence-electron chi connectivity index (χ1n) is 9.43. The lowest BCUT2D eigenvalue weighted by Crippen LogP contribution is -2.46. The van der Waals surface area contributed by atoms with E-state index in [-0.39, 0.29) is 18.5 Å². The van der Waals surface area contributed by atoms with Gasteiger partial charge in [-0.2, -0.15) is 0 Å². The Morgan fingerprint density at radius 1 is 1.20 bits per heavy atom. The van der Waals surface area contributed by atoms with Crippen LogP contribution in [0.3, 0.4) is 0 Å². The molecule has 0 amide bonds. The van der Waals surface area contributed by atoms with Gasteiger partial charge in [0.2, 0.25) is 0 Å². The van der Waals surface area contributed by atoms with Gasteiger partial charge in [0, 0.05) is 11.1 Å². The molecule has 7 nitrogen and oxygen atoms in total. The lowest BCUT2D eigenvalue weighted by atomic mass is 10.0. The molecular weight excluding hydrogens is 407 g/mol. The predicted octanol–water partition coefficient (Wildman–Crippen LogP) is 2.25. The summed E-state index contributed by atoms with van der Waals surface area (Å²) in [4.78, 5) is 8.65. The van der Waals surface area contributed by atoms with Gasteiger partial charge in [0.25, 0.3) is 0 Å². The molecule has 0 saturated carbocycles. The Bertz CT molecular complexity index is 1020. The van der Waals surface area contributed by atoms with Gasteiger partial charge in [0.1, 0.15) is 11.6 Å². The van der Waals surface area contributed by atoms with Crippen LogP contribution in [0, 0.1) is 5.82 Å². The lowest BCUT2D eigenvalue weighted by molar-refractivity contribution is -0.0304. The highest BCUT2D eigenvalue weighted by Gasteiger charge is 2.31. The Hall–Kier alpha value is -2.56. The number of hydrogen-bond acceptors (Lipinski definition) is 7. The standard InChI is InChI=1S/C21H21FN4O3S/c22-18-9-14(5-6-17(18)19-10-25-21(23)11-24-19)16-3-1-2-4-20(16)30(28)26-7-8-29-15(12-26)13-27/h1-6,9-11,15,27H,7-8,12-13H2,(H2,23,25). The van der Waals surface area contributed by atoms with E-state index < -0.39 is 17.2 Å². The quantitative estimate of drug-likeness (QED) is 0.600. The summed E-state index contributed by atoms with van der Waals surface area (Å²) in [6, 6.07) is 12.0. The number of rotatable bonds is 5. The number of ether oxygens (including phenoxy) is 1. The number of morpholine rings is 1. The van der Waals surface area contributed by atoms with Crippen LogP contribution in [-0.2, 0) is 16.1 Å². The molecule has 1 aliphatic heterocycles. The molecule has 2 heterocycles. The van der Waals surface area contributed by atoms with Crippen molar-refractivity contribution >= 4 is 17.2 Å². The molecule has 3 aromatic rings. The number of benzene rings is 2. The second-order valence-corrected chi connectivity index (χ2v) is 8.28. The SMILES string of the molecule is Nc1cnc(-c2ccc(-c3ccccc3[S+]([O-])N3CCOC(CO)C3)cc2F)cn1. The molecular formula is C21H21FN4O3S. The van der Waals surface area contributed by atoms with E-state index in [1.807, 2.05) is 12.1 Å². The molecule has 1 aliphatic rings. The molecule has 1 fully saturated rings. The topological polar surface area (TPSA) is 108 Å². The van der Waals surface area contributed by atoms with Crippen LogP contribution in [0.1, 0.15) is 0 Å². The number of aliphatic hydroxyl groups is 1. The molecule has 0 radical (unpaired) electrons. The van der Waals surface area contributed by atoms with Crippen LogP contribution in [0.25, 0.3) is 22.4 Å². The first-order chi connectivity index (χ1) is 14.6. The molecule has 2 atom stereocenters. The molecule has 1 saturated heterocycles. The summed E-state index contributed by atoms with van der Waals surface area (Å²) in [6.45, 7) is 1.11. The highest BCUT2D eigenvalue weighted by atomic mass is 32.2. The first-order valence-corrected chi connectivity index (χ1v) is 10.5. The highest BCUT2D eigenvalue weighted by Crippen LogP contribution is 2.32. The first kappa shape index (κ1) is 20.7. The van der Waals surface area contributed by atoms with E-state index in [0.717, 1.165) is 0 Å². The van der Waals surface area contributed by atoms with Gasteiger partial charge in [-0.3, -0.25) is 4.98 Å². The monoisotopic (exact) mass is 428 g/mol. The molecule has 2 aromatic carbocycles. The maximum atomic E-state index is 14.9. The Morgan fingerprint density at radius 3 is 2.77 bits per heavy atom. The van der Waals surface area contributed by atoms with E-state index in [0.29, 0.717) is 47.0 Å². The lowest BCUT2D eigenvalue weighted by Gasteiger charge is -2.32. The van der Waals surface area contributed by atoms with Crippen LogP contribution >= 0.6 is 0 Å². The van der Waals surface area contributed by atoms with Crippen molar-refractivity contribution in [3.05, 3.63) is 60.7 Å². The van der Waals surface area contributed by atoms with Crippen molar-refractivity contribution in [3.8, 4) is 22.4 Å². The summed E-state index contributed by atoms with van der Waals surface area (Å²) in [5, 5.41) is 9.35. The average molecular weight is 428 g/mol. The van der Waals surface area contributed by atoms with Crippen molar-refractivity contribution in [1.29, 1.82) is 0 Å². The summed E-state index contributed by atoms with van der Waals surface area (Å²) in [7, 11) is 0. The van der Waals surface area contributed by atoms with Crippen LogP contribution in [0.2, 0.25) is 0 Å². The number of hydrogen-bond donors (Lipinski definition) is 2. The molecule has 156 valence electrons. The minimum absolute atomic E-state index is 0.129. The Balaban J connectivity index is 1.65. The molecule has 4 rings (SSSR count). The fourth-order valence-corrected chi connectivity index (χ4v) is 4.71. The zero-order chi connectivity index (χ0) is 21.1. The summed E-state index contributed by atoms with van der Waals surface area (Å²) in [5.41, 5.74) is 7.52. The van der Waals surface area contributed by atoms with E-state index in [4.69, 9.17) is 10.5 Å². The predicted molar refractivity (Wildman–Crippen MR) is 112 cm³/mol. The number of aliphatic hydroxyl groups excluding tert-OH is 1. The summed E-state index contributed by atoms with van der Waals surface area (Å²) >= 11 is -1.47. The van der Waals surface area contributed by atoms with E-state index in [9.17, 15) is 14.0 Å². The minimum Gasteiger partial charge on any atom is -0.593 e. The van der Waals surface area contributed by atoms with Crippen molar-refractivity contribution in [1.82, 2.24) is 14.3 Å². The maximum Gasteiger partial charge on any atom is 0.181 e. The zero-order valence-electron chi connectivity index (χ0n) is 16.1. The van der Waals surface area contributed by atoms with Crippen molar-refractivity contribution in [3.63, 3.8) is 0 Å². The number of nitrogens with two attached hydrogens (primary N) is 1. The minimum atomic E-state index is -1.47. The normalized spacial score (nSPS) is 18.3. The molecule has 3 N–H and O–H groups in total. The maximum absolute atomic E-state index is 14.9. The van der Waals surface area contributed by atoms with Gasteiger partial charge in [-0.05, 0) is 29.8 Å². The van der Waals surface area contributed by atoms with Crippen LogP contribution in [-0.4, -0.2) is 56.3 Å². The number of halogens is 1. The van der Waals surface area contributed by atoms with Gasteiger partial charge < -0.3 is 20.1 Å². The summed E-state index contributed by atoms with van der Waals surface area (Å²) in [6.07, 6.45) is 2.43. The number of anilines is 1.